The highest BCUT2D eigenvalue weighted by atomic mass is 16.5. The van der Waals surface area contributed by atoms with E-state index in [1.165, 1.54) is 0 Å². The highest BCUT2D eigenvalue weighted by Gasteiger charge is 2.27. The van der Waals surface area contributed by atoms with Gasteiger partial charge in [0.1, 0.15) is 6.04 Å². The van der Waals surface area contributed by atoms with Crippen molar-refractivity contribution in [3.05, 3.63) is 53.3 Å². The van der Waals surface area contributed by atoms with Crippen LogP contribution in [-0.4, -0.2) is 48.7 Å². The van der Waals surface area contributed by atoms with E-state index < -0.39 is 24.6 Å². The minimum absolute atomic E-state index is 0.219. The van der Waals surface area contributed by atoms with Gasteiger partial charge in [-0.05, 0) is 38.0 Å². The van der Waals surface area contributed by atoms with E-state index in [1.807, 2.05) is 24.5 Å². The number of Topliss-reactive ketones (excluding diaryl/α,β-unsaturated/α-hetero) is 1. The number of aromatic nitrogens is 1. The average molecular weight is 430 g/mol. The quantitative estimate of drug-likeness (QED) is 0.446. The number of ketones is 1. The van der Waals surface area contributed by atoms with E-state index in [4.69, 9.17) is 9.47 Å². The maximum atomic E-state index is 12.6. The van der Waals surface area contributed by atoms with Crippen molar-refractivity contribution >= 4 is 23.5 Å². The highest BCUT2D eigenvalue weighted by Crippen LogP contribution is 2.16. The Morgan fingerprint density at radius 1 is 1.10 bits per heavy atom. The number of esters is 1. The number of carbonyl (C=O) groups excluding carboxylic acids is 3. The minimum Gasteiger partial charge on any atom is -0.456 e. The molecule has 0 saturated heterocycles. The summed E-state index contributed by atoms with van der Waals surface area (Å²) in [6.45, 7) is 8.13. The van der Waals surface area contributed by atoms with Gasteiger partial charge in [0.2, 0.25) is 5.78 Å². The Bertz CT molecular complexity index is 905. The molecule has 2 amide bonds. The zero-order valence-corrected chi connectivity index (χ0v) is 18.7. The van der Waals surface area contributed by atoms with Gasteiger partial charge in [-0.25, -0.2) is 9.59 Å². The van der Waals surface area contributed by atoms with E-state index in [-0.39, 0.29) is 11.7 Å². The molecular formula is C23H31N3O5. The normalized spacial score (nSPS) is 11.8. The highest BCUT2D eigenvalue weighted by molar-refractivity contribution is 5.99. The molecule has 8 heteroatoms. The summed E-state index contributed by atoms with van der Waals surface area (Å²) in [5.74, 6) is -1.16. The van der Waals surface area contributed by atoms with Crippen molar-refractivity contribution in [2.75, 3.05) is 25.6 Å². The fourth-order valence-corrected chi connectivity index (χ4v) is 3.24. The Labute approximate surface area is 182 Å². The van der Waals surface area contributed by atoms with Crippen molar-refractivity contribution in [3.8, 4) is 0 Å². The van der Waals surface area contributed by atoms with Crippen LogP contribution < -0.4 is 10.6 Å². The predicted octanol–water partition coefficient (Wildman–Crippen LogP) is 3.32. The number of ether oxygens (including phenoxy) is 2. The van der Waals surface area contributed by atoms with Crippen LogP contribution in [0.25, 0.3) is 0 Å². The Hall–Kier alpha value is -3.13. The Kier molecular flexibility index (Phi) is 8.81. The van der Waals surface area contributed by atoms with Crippen LogP contribution in [0.4, 0.5) is 10.5 Å². The van der Waals surface area contributed by atoms with Gasteiger partial charge in [-0.2, -0.15) is 0 Å². The number of hydrogen-bond donors (Lipinski definition) is 2. The number of hydrogen-bond acceptors (Lipinski definition) is 5. The zero-order chi connectivity index (χ0) is 23.0. The van der Waals surface area contributed by atoms with Gasteiger partial charge in [0.05, 0.1) is 6.61 Å². The van der Waals surface area contributed by atoms with Crippen LogP contribution in [0, 0.1) is 19.8 Å². The molecular weight excluding hydrogens is 398 g/mol. The van der Waals surface area contributed by atoms with Crippen molar-refractivity contribution in [1.82, 2.24) is 9.88 Å². The van der Waals surface area contributed by atoms with Crippen LogP contribution in [0.15, 0.2) is 36.4 Å². The lowest BCUT2D eigenvalue weighted by atomic mass is 10.1. The molecule has 0 saturated carbocycles. The summed E-state index contributed by atoms with van der Waals surface area (Å²) in [6, 6.07) is 9.29. The number of rotatable bonds is 10. The van der Waals surface area contributed by atoms with Gasteiger partial charge in [0.15, 0.2) is 6.61 Å². The molecule has 0 aliphatic carbocycles. The van der Waals surface area contributed by atoms with Gasteiger partial charge >= 0.3 is 12.0 Å². The molecule has 0 radical (unpaired) electrons. The molecule has 2 N–H and O–H groups in total. The van der Waals surface area contributed by atoms with E-state index in [2.05, 4.69) is 10.6 Å². The van der Waals surface area contributed by atoms with Gasteiger partial charge in [0.25, 0.3) is 0 Å². The Morgan fingerprint density at radius 3 is 2.39 bits per heavy atom. The summed E-state index contributed by atoms with van der Waals surface area (Å²) in [7, 11) is 1.62. The van der Waals surface area contributed by atoms with Gasteiger partial charge in [0, 0.05) is 36.3 Å². The van der Waals surface area contributed by atoms with E-state index in [0.29, 0.717) is 24.4 Å². The number of nitrogens with one attached hydrogen (secondary N) is 2. The van der Waals surface area contributed by atoms with E-state index in [0.717, 1.165) is 11.4 Å². The van der Waals surface area contributed by atoms with Crippen LogP contribution in [0.3, 0.4) is 0 Å². The minimum atomic E-state index is -0.884. The SMILES string of the molecule is COCCn1c(C)cc(C(=O)COC(=O)[C@H](NC(=O)Nc2ccccc2)C(C)C)c1C. The van der Waals surface area contributed by atoms with Crippen molar-refractivity contribution in [3.63, 3.8) is 0 Å². The lowest BCUT2D eigenvalue weighted by Gasteiger charge is -2.21. The lowest BCUT2D eigenvalue weighted by Crippen LogP contribution is -2.47. The maximum absolute atomic E-state index is 12.6. The summed E-state index contributed by atoms with van der Waals surface area (Å²) in [5, 5.41) is 5.29. The molecule has 0 unspecified atom stereocenters. The van der Waals surface area contributed by atoms with Crippen molar-refractivity contribution in [1.29, 1.82) is 0 Å². The van der Waals surface area contributed by atoms with Gasteiger partial charge in [-0.15, -0.1) is 0 Å². The average Bonchev–Trinajstić information content (AvgIpc) is 3.02. The summed E-state index contributed by atoms with van der Waals surface area (Å²) < 4.78 is 12.4. The summed E-state index contributed by atoms with van der Waals surface area (Å²) >= 11 is 0. The predicted molar refractivity (Wildman–Crippen MR) is 118 cm³/mol. The second-order valence-corrected chi connectivity index (χ2v) is 7.65. The molecule has 0 bridgehead atoms. The number of benzene rings is 1. The van der Waals surface area contributed by atoms with Crippen LogP contribution in [0.5, 0.6) is 0 Å². The summed E-state index contributed by atoms with van der Waals surface area (Å²) in [4.78, 5) is 37.5. The second-order valence-electron chi connectivity index (χ2n) is 7.65. The van der Waals surface area contributed by atoms with Gasteiger partial charge < -0.3 is 24.7 Å². The number of para-hydroxylation sites is 1. The number of nitrogens with zero attached hydrogens (tertiary/aromatic N) is 1. The van der Waals surface area contributed by atoms with E-state index in [9.17, 15) is 14.4 Å². The van der Waals surface area contributed by atoms with Crippen LogP contribution in [-0.2, 0) is 20.8 Å². The Balaban J connectivity index is 1.97. The molecule has 1 atom stereocenters. The first kappa shape index (κ1) is 24.1. The molecule has 0 fully saturated rings. The summed E-state index contributed by atoms with van der Waals surface area (Å²) in [5.41, 5.74) is 2.85. The number of anilines is 1. The molecule has 2 aromatic rings. The molecule has 1 aromatic heterocycles. The second kappa shape index (κ2) is 11.3. The molecule has 8 nitrogen and oxygen atoms in total. The Morgan fingerprint density at radius 2 is 1.77 bits per heavy atom. The molecule has 0 spiro atoms. The topological polar surface area (TPSA) is 98.7 Å². The smallest absolute Gasteiger partial charge is 0.329 e. The number of methoxy groups -OCH3 is 1. The molecule has 1 aromatic carbocycles. The van der Waals surface area contributed by atoms with Crippen molar-refractivity contribution in [2.24, 2.45) is 5.92 Å². The fourth-order valence-electron chi connectivity index (χ4n) is 3.24. The van der Waals surface area contributed by atoms with Gasteiger partial charge in [-0.1, -0.05) is 32.0 Å². The third-order valence-corrected chi connectivity index (χ3v) is 4.98. The number of carbonyl (C=O) groups is 3. The monoisotopic (exact) mass is 429 g/mol. The van der Waals surface area contributed by atoms with Crippen LogP contribution in [0.1, 0.15) is 35.6 Å². The van der Waals surface area contributed by atoms with Gasteiger partial charge in [-0.3, -0.25) is 4.79 Å². The first-order valence-electron chi connectivity index (χ1n) is 10.2. The third-order valence-electron chi connectivity index (χ3n) is 4.98. The van der Waals surface area contributed by atoms with Crippen molar-refractivity contribution < 1.29 is 23.9 Å². The number of urea groups is 1. The fraction of sp³-hybridized carbons (Fsp3) is 0.435. The first-order chi connectivity index (χ1) is 14.7. The third kappa shape index (κ3) is 6.68. The van der Waals surface area contributed by atoms with E-state index in [1.54, 1.807) is 51.3 Å². The molecule has 31 heavy (non-hydrogen) atoms. The zero-order valence-electron chi connectivity index (χ0n) is 18.7. The standard InChI is InChI=1S/C23H31N3O5/c1-15(2)21(25-23(29)24-18-9-7-6-8-10-18)22(28)31-14-20(27)19-13-16(3)26(17(19)4)11-12-30-5/h6-10,13,15,21H,11-12,14H2,1-5H3,(H2,24,25,29)/t21-/m1/s1. The lowest BCUT2D eigenvalue weighted by molar-refractivity contribution is -0.145. The maximum Gasteiger partial charge on any atom is 0.329 e. The summed E-state index contributed by atoms with van der Waals surface area (Å²) in [6.07, 6.45) is 0. The van der Waals surface area contributed by atoms with E-state index >= 15 is 0 Å². The number of aryl methyl sites for hydroxylation is 1. The molecule has 168 valence electrons. The van der Waals surface area contributed by atoms with Crippen LogP contribution in [0.2, 0.25) is 0 Å². The molecule has 0 aliphatic heterocycles. The first-order valence-corrected chi connectivity index (χ1v) is 10.2. The molecule has 2 rings (SSSR count). The van der Waals surface area contributed by atoms with Crippen LogP contribution >= 0.6 is 0 Å². The number of amides is 2. The van der Waals surface area contributed by atoms with Crippen molar-refractivity contribution in [2.45, 2.75) is 40.3 Å². The molecule has 0 aliphatic rings. The molecule has 1 heterocycles. The largest absolute Gasteiger partial charge is 0.456 e.